The first-order valence-corrected chi connectivity index (χ1v) is 6.65. The van der Waals surface area contributed by atoms with Gasteiger partial charge in [-0.25, -0.2) is 0 Å². The van der Waals surface area contributed by atoms with Crippen molar-refractivity contribution in [2.45, 2.75) is 6.42 Å². The summed E-state index contributed by atoms with van der Waals surface area (Å²) in [6.45, 7) is 2.62. The van der Waals surface area contributed by atoms with E-state index < -0.39 is 0 Å². The van der Waals surface area contributed by atoms with Crippen LogP contribution in [0.25, 0.3) is 0 Å². The average Bonchev–Trinajstić information content (AvgIpc) is 2.85. The quantitative estimate of drug-likeness (QED) is 0.853. The third-order valence-corrected chi connectivity index (χ3v) is 3.53. The second-order valence-corrected chi connectivity index (χ2v) is 4.74. The van der Waals surface area contributed by atoms with Crippen LogP contribution < -0.4 is 15.4 Å². The number of benzene rings is 2. The molecule has 19 heavy (non-hydrogen) atoms. The minimum atomic E-state index is 0.693. The predicted molar refractivity (Wildman–Crippen MR) is 78.7 cm³/mol. The van der Waals surface area contributed by atoms with Crippen LogP contribution in [0.4, 0.5) is 11.4 Å². The Morgan fingerprint density at radius 2 is 1.89 bits per heavy atom. The molecule has 2 N–H and O–H groups in total. The molecule has 3 rings (SSSR count). The van der Waals surface area contributed by atoms with E-state index in [-0.39, 0.29) is 0 Å². The number of hydrogen-bond donors (Lipinski definition) is 1. The molecule has 2 aromatic carbocycles. The molecule has 0 unspecified atom stereocenters. The minimum Gasteiger partial charge on any atom is -0.492 e. The zero-order chi connectivity index (χ0) is 13.1. The Kier molecular flexibility index (Phi) is 3.27. The van der Waals surface area contributed by atoms with Crippen molar-refractivity contribution in [3.63, 3.8) is 0 Å². The van der Waals surface area contributed by atoms with Gasteiger partial charge < -0.3 is 15.4 Å². The Morgan fingerprint density at radius 3 is 2.74 bits per heavy atom. The Labute approximate surface area is 113 Å². The first kappa shape index (κ1) is 11.9. The van der Waals surface area contributed by atoms with E-state index in [0.717, 1.165) is 30.9 Å². The van der Waals surface area contributed by atoms with Crippen LogP contribution in [0.3, 0.4) is 0 Å². The summed E-state index contributed by atoms with van der Waals surface area (Å²) in [5.41, 5.74) is 9.44. The summed E-state index contributed by atoms with van der Waals surface area (Å²) < 4.78 is 5.74. The number of nitrogens with two attached hydrogens (primary N) is 1. The van der Waals surface area contributed by atoms with Crippen LogP contribution >= 0.6 is 0 Å². The topological polar surface area (TPSA) is 38.5 Å². The van der Waals surface area contributed by atoms with Gasteiger partial charge in [0.25, 0.3) is 0 Å². The standard InChI is InChI=1S/C16H18N2O/c17-15-7-4-8-16-14(15)9-10-18(16)11-12-19-13-5-2-1-3-6-13/h1-8H,9-12,17H2. The van der Waals surface area contributed by atoms with Crippen LogP contribution in [-0.4, -0.2) is 19.7 Å². The van der Waals surface area contributed by atoms with Crippen molar-refractivity contribution in [1.82, 2.24) is 0 Å². The lowest BCUT2D eigenvalue weighted by molar-refractivity contribution is 0.324. The molecule has 0 fully saturated rings. The van der Waals surface area contributed by atoms with E-state index >= 15 is 0 Å². The maximum absolute atomic E-state index is 6.00. The van der Waals surface area contributed by atoms with E-state index in [4.69, 9.17) is 10.5 Å². The summed E-state index contributed by atoms with van der Waals surface area (Å²) >= 11 is 0. The van der Waals surface area contributed by atoms with Crippen molar-refractivity contribution in [2.75, 3.05) is 30.3 Å². The number of rotatable bonds is 4. The summed E-state index contributed by atoms with van der Waals surface area (Å²) in [4.78, 5) is 2.34. The molecule has 3 heteroatoms. The van der Waals surface area contributed by atoms with Crippen LogP contribution in [0.1, 0.15) is 5.56 Å². The van der Waals surface area contributed by atoms with E-state index in [1.54, 1.807) is 0 Å². The fourth-order valence-corrected chi connectivity index (χ4v) is 2.55. The van der Waals surface area contributed by atoms with Gasteiger partial charge in [-0.05, 0) is 30.7 Å². The molecule has 0 radical (unpaired) electrons. The molecule has 1 aliphatic rings. The molecule has 0 amide bonds. The van der Waals surface area contributed by atoms with Crippen molar-refractivity contribution in [3.8, 4) is 5.75 Å². The van der Waals surface area contributed by atoms with Gasteiger partial charge >= 0.3 is 0 Å². The molecule has 1 heterocycles. The summed E-state index contributed by atoms with van der Waals surface area (Å²) in [6, 6.07) is 16.1. The summed E-state index contributed by atoms with van der Waals surface area (Å²) in [5, 5.41) is 0. The Bertz CT molecular complexity index is 554. The number of nitrogens with zero attached hydrogens (tertiary/aromatic N) is 1. The number of fused-ring (bicyclic) bond motifs is 1. The zero-order valence-electron chi connectivity index (χ0n) is 10.9. The lowest BCUT2D eigenvalue weighted by Crippen LogP contribution is -2.26. The largest absolute Gasteiger partial charge is 0.492 e. The van der Waals surface area contributed by atoms with Gasteiger partial charge in [0, 0.05) is 23.5 Å². The maximum atomic E-state index is 6.00. The van der Waals surface area contributed by atoms with Gasteiger partial charge in [0.05, 0.1) is 6.54 Å². The third-order valence-electron chi connectivity index (χ3n) is 3.53. The molecule has 0 spiro atoms. The van der Waals surface area contributed by atoms with Crippen molar-refractivity contribution in [1.29, 1.82) is 0 Å². The molecule has 0 bridgehead atoms. The number of ether oxygens (including phenoxy) is 1. The van der Waals surface area contributed by atoms with Gasteiger partial charge in [0.2, 0.25) is 0 Å². The predicted octanol–water partition coefficient (Wildman–Crippen LogP) is 2.71. The van der Waals surface area contributed by atoms with Crippen LogP contribution in [0, 0.1) is 0 Å². The molecule has 0 aliphatic carbocycles. The van der Waals surface area contributed by atoms with E-state index in [9.17, 15) is 0 Å². The number of hydrogen-bond acceptors (Lipinski definition) is 3. The van der Waals surface area contributed by atoms with Crippen molar-refractivity contribution in [2.24, 2.45) is 0 Å². The van der Waals surface area contributed by atoms with Crippen LogP contribution in [0.15, 0.2) is 48.5 Å². The molecular formula is C16H18N2O. The van der Waals surface area contributed by atoms with Crippen LogP contribution in [-0.2, 0) is 6.42 Å². The van der Waals surface area contributed by atoms with Gasteiger partial charge in [0.1, 0.15) is 12.4 Å². The number of nitrogen functional groups attached to an aromatic ring is 1. The molecule has 0 atom stereocenters. The normalized spacial score (nSPS) is 13.4. The van der Waals surface area contributed by atoms with Gasteiger partial charge in [-0.3, -0.25) is 0 Å². The second-order valence-electron chi connectivity index (χ2n) is 4.74. The Balaban J connectivity index is 1.60. The minimum absolute atomic E-state index is 0.693. The van der Waals surface area contributed by atoms with Crippen molar-refractivity contribution < 1.29 is 4.74 Å². The first-order valence-electron chi connectivity index (χ1n) is 6.65. The molecule has 0 aromatic heterocycles. The summed E-state index contributed by atoms with van der Waals surface area (Å²) in [6.07, 6.45) is 1.04. The molecule has 0 saturated heterocycles. The highest BCUT2D eigenvalue weighted by Crippen LogP contribution is 2.31. The average molecular weight is 254 g/mol. The van der Waals surface area contributed by atoms with E-state index in [2.05, 4.69) is 11.0 Å². The smallest absolute Gasteiger partial charge is 0.119 e. The van der Waals surface area contributed by atoms with E-state index in [0.29, 0.717) is 6.61 Å². The molecule has 1 aliphatic heterocycles. The van der Waals surface area contributed by atoms with Crippen molar-refractivity contribution >= 4 is 11.4 Å². The highest BCUT2D eigenvalue weighted by molar-refractivity contribution is 5.68. The molecule has 0 saturated carbocycles. The molecule has 98 valence electrons. The SMILES string of the molecule is Nc1cccc2c1CCN2CCOc1ccccc1. The highest BCUT2D eigenvalue weighted by Gasteiger charge is 2.20. The fourth-order valence-electron chi connectivity index (χ4n) is 2.55. The number of anilines is 2. The Morgan fingerprint density at radius 1 is 1.05 bits per heavy atom. The summed E-state index contributed by atoms with van der Waals surface area (Å²) in [5.74, 6) is 0.925. The Hall–Kier alpha value is -2.16. The van der Waals surface area contributed by atoms with Crippen LogP contribution in [0.5, 0.6) is 5.75 Å². The lowest BCUT2D eigenvalue weighted by Gasteiger charge is -2.19. The van der Waals surface area contributed by atoms with Crippen molar-refractivity contribution in [3.05, 3.63) is 54.1 Å². The van der Waals surface area contributed by atoms with Gasteiger partial charge in [-0.1, -0.05) is 24.3 Å². The van der Waals surface area contributed by atoms with Gasteiger partial charge in [0.15, 0.2) is 0 Å². The molecular weight excluding hydrogens is 236 g/mol. The highest BCUT2D eigenvalue weighted by atomic mass is 16.5. The monoisotopic (exact) mass is 254 g/mol. The lowest BCUT2D eigenvalue weighted by atomic mass is 10.1. The molecule has 2 aromatic rings. The maximum Gasteiger partial charge on any atom is 0.119 e. The summed E-state index contributed by atoms with van der Waals surface area (Å²) in [7, 11) is 0. The van der Waals surface area contributed by atoms with Crippen LogP contribution in [0.2, 0.25) is 0 Å². The zero-order valence-corrected chi connectivity index (χ0v) is 10.9. The van der Waals surface area contributed by atoms with Gasteiger partial charge in [-0.2, -0.15) is 0 Å². The number of para-hydroxylation sites is 1. The van der Waals surface area contributed by atoms with Gasteiger partial charge in [-0.15, -0.1) is 0 Å². The fraction of sp³-hybridized carbons (Fsp3) is 0.250. The van der Waals surface area contributed by atoms with E-state index in [1.165, 1.54) is 11.3 Å². The third kappa shape index (κ3) is 2.50. The first-order chi connectivity index (χ1) is 9.34. The van der Waals surface area contributed by atoms with E-state index in [1.807, 2.05) is 42.5 Å². The molecule has 3 nitrogen and oxygen atoms in total. The second kappa shape index (κ2) is 5.22.